The third-order valence-electron chi connectivity index (χ3n) is 3.29. The number of allylic oxidation sites excluding steroid dienone is 2. The van der Waals surface area contributed by atoms with Gasteiger partial charge in [0.05, 0.1) is 0 Å². The van der Waals surface area contributed by atoms with Crippen LogP contribution < -0.4 is 0 Å². The van der Waals surface area contributed by atoms with Gasteiger partial charge < -0.3 is 0 Å². The van der Waals surface area contributed by atoms with Gasteiger partial charge in [0.25, 0.3) is 0 Å². The van der Waals surface area contributed by atoms with Gasteiger partial charge in [0.2, 0.25) is 0 Å². The molecule has 0 aromatic carbocycles. The van der Waals surface area contributed by atoms with Gasteiger partial charge in [-0.1, -0.05) is 50.2 Å². The van der Waals surface area contributed by atoms with Gasteiger partial charge in [-0.05, 0) is 25.6 Å². The van der Waals surface area contributed by atoms with E-state index in [0.717, 1.165) is 5.82 Å². The van der Waals surface area contributed by atoms with Crippen molar-refractivity contribution in [3.63, 3.8) is 0 Å². The second-order valence-electron chi connectivity index (χ2n) is 4.54. The lowest BCUT2D eigenvalue weighted by molar-refractivity contribution is 0.630. The fourth-order valence-electron chi connectivity index (χ4n) is 1.90. The van der Waals surface area contributed by atoms with E-state index in [9.17, 15) is 0 Å². The van der Waals surface area contributed by atoms with E-state index < -0.39 is 0 Å². The number of hydrogen-bond donors (Lipinski definition) is 0. The van der Waals surface area contributed by atoms with E-state index in [1.54, 1.807) is 11.1 Å². The summed E-state index contributed by atoms with van der Waals surface area (Å²) in [5.74, 6) is 0.856. The van der Waals surface area contributed by atoms with Gasteiger partial charge in [0, 0.05) is 0 Å². The Hall–Kier alpha value is -0.195. The molecule has 0 aromatic heterocycles. The highest BCUT2D eigenvalue weighted by atomic mass is 14.2. The van der Waals surface area contributed by atoms with E-state index >= 15 is 0 Å². The topological polar surface area (TPSA) is 0 Å². The minimum Gasteiger partial charge on any atom is -0.0789 e. The number of unbranched alkanes of at least 4 members (excludes halogenated alkanes) is 3. The van der Waals surface area contributed by atoms with E-state index in [4.69, 9.17) is 0 Å². The van der Waals surface area contributed by atoms with Crippen LogP contribution in [-0.2, 0) is 0 Å². The molecule has 0 aromatic rings. The van der Waals surface area contributed by atoms with Gasteiger partial charge in [-0.2, -0.15) is 0 Å². The summed E-state index contributed by atoms with van der Waals surface area (Å²) < 4.78 is 0. The fourth-order valence-corrected chi connectivity index (χ4v) is 1.90. The molecule has 0 bridgehead atoms. The summed E-state index contributed by atoms with van der Waals surface area (Å²) >= 11 is 0. The molecule has 1 heteroatoms. The Morgan fingerprint density at radius 3 is 2.54 bits per heavy atom. The Morgan fingerprint density at radius 2 is 2.00 bits per heavy atom. The first-order chi connectivity index (χ1) is 6.25. The highest BCUT2D eigenvalue weighted by Crippen LogP contribution is 2.37. The van der Waals surface area contributed by atoms with Crippen LogP contribution in [0.4, 0.5) is 0 Å². The van der Waals surface area contributed by atoms with E-state index in [0.29, 0.717) is 0 Å². The lowest BCUT2D eigenvalue weighted by Gasteiger charge is -2.11. The second-order valence-corrected chi connectivity index (χ2v) is 4.54. The molecular formula is C12H23B. The van der Waals surface area contributed by atoms with Crippen LogP contribution in [0.3, 0.4) is 0 Å². The standard InChI is InChI=1S/C12H23B/c1-3-4-5-6-7-12(13)10(2)11-8-9-11/h12H,3-9,13H2,1-2H3. The molecule has 0 amide bonds. The van der Waals surface area contributed by atoms with Crippen molar-refractivity contribution in [2.45, 2.75) is 64.6 Å². The zero-order chi connectivity index (χ0) is 9.68. The van der Waals surface area contributed by atoms with Crippen LogP contribution in [0, 0.1) is 0 Å². The summed E-state index contributed by atoms with van der Waals surface area (Å²) in [4.78, 5) is 0. The normalized spacial score (nSPS) is 17.2. The van der Waals surface area contributed by atoms with Gasteiger partial charge in [0.15, 0.2) is 0 Å². The molecule has 13 heavy (non-hydrogen) atoms. The molecule has 1 rings (SSSR count). The lowest BCUT2D eigenvalue weighted by atomic mass is 9.77. The molecule has 0 aliphatic heterocycles. The Bertz CT molecular complexity index is 176. The molecule has 0 heterocycles. The molecule has 0 N–H and O–H groups in total. The quantitative estimate of drug-likeness (QED) is 0.332. The minimum absolute atomic E-state index is 0.856. The highest BCUT2D eigenvalue weighted by Gasteiger charge is 2.17. The molecule has 74 valence electrons. The van der Waals surface area contributed by atoms with E-state index in [1.807, 2.05) is 0 Å². The van der Waals surface area contributed by atoms with Crippen LogP contribution in [0.1, 0.15) is 58.8 Å². The maximum absolute atomic E-state index is 2.40. The average Bonchev–Trinajstić information content (AvgIpc) is 2.94. The number of hydrogen-bond acceptors (Lipinski definition) is 0. The number of rotatable bonds is 6. The zero-order valence-electron chi connectivity index (χ0n) is 9.53. The third-order valence-corrected chi connectivity index (χ3v) is 3.29. The van der Waals surface area contributed by atoms with Crippen molar-refractivity contribution in [3.05, 3.63) is 11.1 Å². The fraction of sp³-hybridized carbons (Fsp3) is 0.833. The van der Waals surface area contributed by atoms with Crippen LogP contribution in [0.2, 0.25) is 5.82 Å². The van der Waals surface area contributed by atoms with Crippen LogP contribution in [0.5, 0.6) is 0 Å². The van der Waals surface area contributed by atoms with Gasteiger partial charge in [-0.3, -0.25) is 0 Å². The molecule has 1 fully saturated rings. The van der Waals surface area contributed by atoms with Crippen molar-refractivity contribution >= 4 is 7.85 Å². The summed E-state index contributed by atoms with van der Waals surface area (Å²) in [7, 11) is 2.40. The highest BCUT2D eigenvalue weighted by molar-refractivity contribution is 6.13. The Morgan fingerprint density at radius 1 is 1.31 bits per heavy atom. The van der Waals surface area contributed by atoms with Crippen molar-refractivity contribution in [1.82, 2.24) is 0 Å². The third kappa shape index (κ3) is 4.02. The minimum atomic E-state index is 0.856. The van der Waals surface area contributed by atoms with Gasteiger partial charge >= 0.3 is 0 Å². The Balaban J connectivity index is 2.10. The second kappa shape index (κ2) is 5.52. The SMILES string of the molecule is BC(CCCCCC)C(C)=C1CC1. The molecule has 1 aliphatic rings. The zero-order valence-corrected chi connectivity index (χ0v) is 9.53. The summed E-state index contributed by atoms with van der Waals surface area (Å²) in [5.41, 5.74) is 3.46. The summed E-state index contributed by atoms with van der Waals surface area (Å²) in [6, 6.07) is 0. The predicted octanol–water partition coefficient (Wildman–Crippen LogP) is 3.49. The smallest absolute Gasteiger partial charge is 0.0789 e. The average molecular weight is 178 g/mol. The summed E-state index contributed by atoms with van der Waals surface area (Å²) in [5, 5.41) is 0. The molecule has 0 spiro atoms. The van der Waals surface area contributed by atoms with Crippen molar-refractivity contribution in [2.75, 3.05) is 0 Å². The molecule has 0 saturated heterocycles. The molecular weight excluding hydrogens is 155 g/mol. The summed E-state index contributed by atoms with van der Waals surface area (Å²) in [6.45, 7) is 4.62. The van der Waals surface area contributed by atoms with Gasteiger partial charge in [-0.15, -0.1) is 0 Å². The maximum atomic E-state index is 2.40. The Kier molecular flexibility index (Phi) is 4.62. The van der Waals surface area contributed by atoms with Gasteiger partial charge in [0.1, 0.15) is 7.85 Å². The van der Waals surface area contributed by atoms with Crippen molar-refractivity contribution in [2.24, 2.45) is 0 Å². The Labute approximate surface area is 84.2 Å². The maximum Gasteiger partial charge on any atom is 0.110 e. The first-order valence-corrected chi connectivity index (χ1v) is 5.94. The molecule has 1 unspecified atom stereocenters. The van der Waals surface area contributed by atoms with Crippen molar-refractivity contribution in [3.8, 4) is 0 Å². The van der Waals surface area contributed by atoms with E-state index in [-0.39, 0.29) is 0 Å². The van der Waals surface area contributed by atoms with Gasteiger partial charge in [-0.25, -0.2) is 0 Å². The molecule has 0 radical (unpaired) electrons. The summed E-state index contributed by atoms with van der Waals surface area (Å²) in [6.07, 6.45) is 9.84. The van der Waals surface area contributed by atoms with Crippen molar-refractivity contribution < 1.29 is 0 Å². The van der Waals surface area contributed by atoms with Crippen LogP contribution in [-0.4, -0.2) is 7.85 Å². The van der Waals surface area contributed by atoms with E-state index in [2.05, 4.69) is 21.7 Å². The first kappa shape index (κ1) is 10.9. The molecule has 1 atom stereocenters. The lowest BCUT2D eigenvalue weighted by Crippen LogP contribution is -1.94. The van der Waals surface area contributed by atoms with E-state index in [1.165, 1.54) is 44.9 Å². The van der Waals surface area contributed by atoms with Crippen LogP contribution >= 0.6 is 0 Å². The molecule has 1 saturated carbocycles. The monoisotopic (exact) mass is 178 g/mol. The first-order valence-electron chi connectivity index (χ1n) is 5.94. The van der Waals surface area contributed by atoms with Crippen LogP contribution in [0.25, 0.3) is 0 Å². The largest absolute Gasteiger partial charge is 0.110 e. The molecule has 0 nitrogen and oxygen atoms in total. The predicted molar refractivity (Wildman–Crippen MR) is 63.0 cm³/mol. The van der Waals surface area contributed by atoms with Crippen molar-refractivity contribution in [1.29, 1.82) is 0 Å². The molecule has 1 aliphatic carbocycles. The van der Waals surface area contributed by atoms with Crippen LogP contribution in [0.15, 0.2) is 11.1 Å².